The number of aryl methyl sites for hydroxylation is 1. The monoisotopic (exact) mass is 480 g/mol. The molecule has 0 bridgehead atoms. The largest absolute Gasteiger partial charge is 0.371 e. The number of fused-ring (bicyclic) bond motifs is 2. The summed E-state index contributed by atoms with van der Waals surface area (Å²) in [5.74, 6) is 0.958. The molecule has 36 heavy (non-hydrogen) atoms. The van der Waals surface area contributed by atoms with Crippen molar-refractivity contribution in [3.63, 3.8) is 0 Å². The first-order chi connectivity index (χ1) is 17.4. The van der Waals surface area contributed by atoms with Crippen LogP contribution in [0.1, 0.15) is 34.3 Å². The Morgan fingerprint density at radius 3 is 2.44 bits per heavy atom. The molecule has 6 rings (SSSR count). The Labute approximate surface area is 211 Å². The molecule has 7 heteroatoms. The standard InChI is InChI=1S/C29H32N6O/c1-18(25-11-28(19-12-31-34(3)15-19)32-27-7-5-4-6-24(25)27)23-9-8-22(10-26(23)29(30)36)35-16-20-13-33(2)14-21(20)17-35/h4-12,15,18,20-21H,13-14,16-17H2,1-3H3,(H2,30,36)/t18-,20?,21?/m0/s1. The number of carbonyl (C=O) groups is 1. The number of likely N-dealkylation sites (tertiary alicyclic amines) is 1. The lowest BCUT2D eigenvalue weighted by atomic mass is 9.86. The van der Waals surface area contributed by atoms with E-state index < -0.39 is 0 Å². The number of carbonyl (C=O) groups excluding carboxylic acids is 1. The van der Waals surface area contributed by atoms with Crippen molar-refractivity contribution >= 4 is 22.5 Å². The van der Waals surface area contributed by atoms with Crippen molar-refractivity contribution in [1.29, 1.82) is 0 Å². The normalized spacial score (nSPS) is 20.7. The van der Waals surface area contributed by atoms with Crippen molar-refractivity contribution in [3.05, 3.63) is 77.6 Å². The van der Waals surface area contributed by atoms with Gasteiger partial charge in [0.05, 0.1) is 17.4 Å². The third-order valence-corrected chi connectivity index (χ3v) is 8.02. The van der Waals surface area contributed by atoms with Crippen molar-refractivity contribution in [2.75, 3.05) is 38.1 Å². The van der Waals surface area contributed by atoms with E-state index in [9.17, 15) is 4.79 Å². The topological polar surface area (TPSA) is 80.3 Å². The van der Waals surface area contributed by atoms with E-state index in [2.05, 4.69) is 53.1 Å². The molecule has 2 aliphatic heterocycles. The molecule has 4 aromatic rings. The lowest BCUT2D eigenvalue weighted by molar-refractivity contribution is 0.0999. The summed E-state index contributed by atoms with van der Waals surface area (Å²) in [6.07, 6.45) is 3.80. The van der Waals surface area contributed by atoms with Gasteiger partial charge in [-0.15, -0.1) is 0 Å². The molecule has 2 saturated heterocycles. The van der Waals surface area contributed by atoms with Gasteiger partial charge >= 0.3 is 0 Å². The summed E-state index contributed by atoms with van der Waals surface area (Å²) in [7, 11) is 4.10. The molecular formula is C29H32N6O. The first-order valence-corrected chi connectivity index (χ1v) is 12.6. The second-order valence-electron chi connectivity index (χ2n) is 10.5. The molecule has 0 aliphatic carbocycles. The number of para-hydroxylation sites is 1. The number of amides is 1. The number of rotatable bonds is 5. The van der Waals surface area contributed by atoms with Gasteiger partial charge in [0.15, 0.2) is 0 Å². The lowest BCUT2D eigenvalue weighted by Gasteiger charge is -2.24. The molecule has 7 nitrogen and oxygen atoms in total. The number of pyridine rings is 1. The molecule has 0 saturated carbocycles. The van der Waals surface area contributed by atoms with Gasteiger partial charge in [0.2, 0.25) is 5.91 Å². The molecule has 184 valence electrons. The smallest absolute Gasteiger partial charge is 0.249 e. The average molecular weight is 481 g/mol. The van der Waals surface area contributed by atoms with Crippen molar-refractivity contribution < 1.29 is 4.79 Å². The SMILES string of the molecule is C[C@@H](c1ccc(N2CC3CN(C)CC3C2)cc1C(N)=O)c1cc(-c2cnn(C)c2)nc2ccccc12. The molecule has 2 aromatic heterocycles. The highest BCUT2D eigenvalue weighted by atomic mass is 16.1. The maximum atomic E-state index is 12.7. The summed E-state index contributed by atoms with van der Waals surface area (Å²) < 4.78 is 1.78. The molecule has 2 unspecified atom stereocenters. The van der Waals surface area contributed by atoms with Crippen LogP contribution in [0.5, 0.6) is 0 Å². The number of primary amides is 1. The fraction of sp³-hybridized carbons (Fsp3) is 0.345. The highest BCUT2D eigenvalue weighted by Gasteiger charge is 2.38. The molecule has 1 amide bonds. The Balaban J connectivity index is 1.40. The zero-order chi connectivity index (χ0) is 25.0. The summed E-state index contributed by atoms with van der Waals surface area (Å²) in [5, 5.41) is 5.40. The van der Waals surface area contributed by atoms with Crippen LogP contribution in [0.3, 0.4) is 0 Å². The fourth-order valence-electron chi connectivity index (χ4n) is 6.20. The van der Waals surface area contributed by atoms with Crippen LogP contribution in [0.2, 0.25) is 0 Å². The van der Waals surface area contributed by atoms with Gasteiger partial charge in [-0.05, 0) is 54.3 Å². The number of nitrogens with zero attached hydrogens (tertiary/aromatic N) is 5. The minimum atomic E-state index is -0.385. The summed E-state index contributed by atoms with van der Waals surface area (Å²) in [5.41, 5.74) is 12.5. The Morgan fingerprint density at radius 2 is 1.75 bits per heavy atom. The maximum Gasteiger partial charge on any atom is 0.249 e. The molecule has 2 fully saturated rings. The van der Waals surface area contributed by atoms with Crippen LogP contribution in [0.4, 0.5) is 5.69 Å². The van der Waals surface area contributed by atoms with Gasteiger partial charge in [-0.2, -0.15) is 5.10 Å². The molecule has 2 aromatic carbocycles. The molecule has 4 heterocycles. The van der Waals surface area contributed by atoms with Crippen LogP contribution in [0, 0.1) is 11.8 Å². The minimum absolute atomic E-state index is 0.0449. The van der Waals surface area contributed by atoms with Crippen molar-refractivity contribution in [2.24, 2.45) is 24.6 Å². The molecule has 2 aliphatic rings. The van der Waals surface area contributed by atoms with Crippen LogP contribution >= 0.6 is 0 Å². The second kappa shape index (κ2) is 8.75. The Kier molecular flexibility index (Phi) is 5.52. The number of benzene rings is 2. The fourth-order valence-corrected chi connectivity index (χ4v) is 6.20. The zero-order valence-corrected chi connectivity index (χ0v) is 21.1. The third-order valence-electron chi connectivity index (χ3n) is 8.02. The zero-order valence-electron chi connectivity index (χ0n) is 21.1. The van der Waals surface area contributed by atoms with Crippen LogP contribution in [0.25, 0.3) is 22.2 Å². The molecular weight excluding hydrogens is 448 g/mol. The lowest BCUT2D eigenvalue weighted by Crippen LogP contribution is -2.27. The van der Waals surface area contributed by atoms with Crippen LogP contribution < -0.4 is 10.6 Å². The summed E-state index contributed by atoms with van der Waals surface area (Å²) in [6.45, 7) is 6.50. The van der Waals surface area contributed by atoms with E-state index >= 15 is 0 Å². The number of hydrogen-bond donors (Lipinski definition) is 1. The van der Waals surface area contributed by atoms with Gasteiger partial charge in [0.1, 0.15) is 0 Å². The van der Waals surface area contributed by atoms with Gasteiger partial charge in [0.25, 0.3) is 0 Å². The minimum Gasteiger partial charge on any atom is -0.371 e. The van der Waals surface area contributed by atoms with E-state index in [0.29, 0.717) is 17.4 Å². The van der Waals surface area contributed by atoms with Gasteiger partial charge in [-0.25, -0.2) is 4.98 Å². The van der Waals surface area contributed by atoms with E-state index in [1.165, 1.54) is 0 Å². The van der Waals surface area contributed by atoms with Gasteiger partial charge in [0, 0.05) is 67.5 Å². The van der Waals surface area contributed by atoms with E-state index in [4.69, 9.17) is 10.7 Å². The van der Waals surface area contributed by atoms with Crippen molar-refractivity contribution in [1.82, 2.24) is 19.7 Å². The predicted molar refractivity (Wildman–Crippen MR) is 143 cm³/mol. The first kappa shape index (κ1) is 22.7. The Hall–Kier alpha value is -3.71. The van der Waals surface area contributed by atoms with E-state index in [1.54, 1.807) is 4.68 Å². The van der Waals surface area contributed by atoms with E-state index in [1.807, 2.05) is 43.7 Å². The molecule has 0 spiro atoms. The number of nitrogens with two attached hydrogens (primary N) is 1. The predicted octanol–water partition coefficient (Wildman–Crippen LogP) is 3.88. The molecule has 2 N–H and O–H groups in total. The highest BCUT2D eigenvalue weighted by Crippen LogP contribution is 2.38. The summed E-state index contributed by atoms with van der Waals surface area (Å²) >= 11 is 0. The summed E-state index contributed by atoms with van der Waals surface area (Å²) in [6, 6.07) is 16.6. The first-order valence-electron chi connectivity index (χ1n) is 12.6. The second-order valence-corrected chi connectivity index (χ2v) is 10.5. The number of aromatic nitrogens is 3. The van der Waals surface area contributed by atoms with Gasteiger partial charge < -0.3 is 15.5 Å². The van der Waals surface area contributed by atoms with E-state index in [0.717, 1.165) is 65.2 Å². The Bertz CT molecular complexity index is 1450. The maximum absolute atomic E-state index is 12.7. The van der Waals surface area contributed by atoms with Crippen LogP contribution in [-0.2, 0) is 7.05 Å². The van der Waals surface area contributed by atoms with Gasteiger partial charge in [-0.3, -0.25) is 9.48 Å². The van der Waals surface area contributed by atoms with Crippen LogP contribution in [-0.4, -0.2) is 58.8 Å². The average Bonchev–Trinajstić information content (AvgIpc) is 3.57. The summed E-state index contributed by atoms with van der Waals surface area (Å²) in [4.78, 5) is 22.4. The highest BCUT2D eigenvalue weighted by molar-refractivity contribution is 5.96. The van der Waals surface area contributed by atoms with Crippen LogP contribution in [0.15, 0.2) is 60.9 Å². The van der Waals surface area contributed by atoms with E-state index in [-0.39, 0.29) is 11.8 Å². The quantitative estimate of drug-likeness (QED) is 0.469. The van der Waals surface area contributed by atoms with Crippen molar-refractivity contribution in [2.45, 2.75) is 12.8 Å². The van der Waals surface area contributed by atoms with Gasteiger partial charge in [-0.1, -0.05) is 31.2 Å². The third kappa shape index (κ3) is 3.93. The number of anilines is 1. The Morgan fingerprint density at radius 1 is 1.00 bits per heavy atom. The molecule has 3 atom stereocenters. The van der Waals surface area contributed by atoms with Crippen molar-refractivity contribution in [3.8, 4) is 11.3 Å². The number of hydrogen-bond acceptors (Lipinski definition) is 5. The molecule has 0 radical (unpaired) electrons.